The molecule has 66 valence electrons. The van der Waals surface area contributed by atoms with E-state index in [-0.39, 0.29) is 5.56 Å². The third-order valence-electron chi connectivity index (χ3n) is 1.59. The van der Waals surface area contributed by atoms with Crippen molar-refractivity contribution in [3.63, 3.8) is 0 Å². The van der Waals surface area contributed by atoms with Crippen LogP contribution in [0.2, 0.25) is 0 Å². The average molecular weight is 173 g/mol. The molecule has 1 aromatic rings. The molecule has 0 radical (unpaired) electrons. The number of halogens is 2. The molecule has 0 spiro atoms. The molecule has 1 rings (SSSR count). The number of hydrogen-bond acceptors (Lipinski definition) is 2. The van der Waals surface area contributed by atoms with Gasteiger partial charge in [0, 0.05) is 5.56 Å². The van der Waals surface area contributed by atoms with Crippen LogP contribution in [0, 0.1) is 11.9 Å². The van der Waals surface area contributed by atoms with Gasteiger partial charge in [-0.3, -0.25) is 0 Å². The van der Waals surface area contributed by atoms with E-state index in [1.165, 1.54) is 6.07 Å². The van der Waals surface area contributed by atoms with Crippen molar-refractivity contribution in [2.45, 2.75) is 19.4 Å². The summed E-state index contributed by atoms with van der Waals surface area (Å²) in [6.45, 7) is 1.70. The molecule has 0 saturated heterocycles. The normalized spacial score (nSPS) is 13.0. The van der Waals surface area contributed by atoms with Gasteiger partial charge in [0.05, 0.1) is 6.10 Å². The minimum Gasteiger partial charge on any atom is -0.388 e. The van der Waals surface area contributed by atoms with E-state index in [0.717, 1.165) is 6.07 Å². The molecule has 0 aromatic carbocycles. The molecule has 1 atom stereocenters. The average Bonchev–Trinajstić information content (AvgIpc) is 2.03. The lowest BCUT2D eigenvalue weighted by Crippen LogP contribution is -2.02. The number of hydrogen-bond donors (Lipinski definition) is 1. The molecule has 0 bridgehead atoms. The predicted molar refractivity (Wildman–Crippen MR) is 39.4 cm³/mol. The number of aliphatic hydroxyl groups excluding tert-OH is 1. The Morgan fingerprint density at radius 3 is 2.67 bits per heavy atom. The van der Waals surface area contributed by atoms with Crippen LogP contribution in [0.3, 0.4) is 0 Å². The van der Waals surface area contributed by atoms with Gasteiger partial charge < -0.3 is 5.11 Å². The molecular weight excluding hydrogens is 164 g/mol. The van der Waals surface area contributed by atoms with E-state index < -0.39 is 18.0 Å². The van der Waals surface area contributed by atoms with E-state index in [0.29, 0.717) is 6.42 Å². The van der Waals surface area contributed by atoms with E-state index in [1.54, 1.807) is 6.92 Å². The number of rotatable bonds is 2. The van der Waals surface area contributed by atoms with Gasteiger partial charge >= 0.3 is 0 Å². The van der Waals surface area contributed by atoms with Crippen molar-refractivity contribution in [2.24, 2.45) is 0 Å². The Labute approximate surface area is 68.9 Å². The van der Waals surface area contributed by atoms with Crippen LogP contribution in [-0.4, -0.2) is 10.1 Å². The van der Waals surface area contributed by atoms with Crippen LogP contribution in [0.4, 0.5) is 8.78 Å². The van der Waals surface area contributed by atoms with E-state index >= 15 is 0 Å². The highest BCUT2D eigenvalue weighted by Crippen LogP contribution is 2.17. The second-order valence-electron chi connectivity index (χ2n) is 2.44. The van der Waals surface area contributed by atoms with Gasteiger partial charge in [0.15, 0.2) is 0 Å². The van der Waals surface area contributed by atoms with Crippen LogP contribution in [0.1, 0.15) is 25.0 Å². The molecular formula is C8H9F2NO. The zero-order valence-electron chi connectivity index (χ0n) is 6.59. The Morgan fingerprint density at radius 1 is 1.50 bits per heavy atom. The third kappa shape index (κ3) is 1.76. The maximum absolute atomic E-state index is 12.8. The minimum absolute atomic E-state index is 0.0406. The van der Waals surface area contributed by atoms with E-state index in [9.17, 15) is 13.9 Å². The number of aromatic nitrogens is 1. The predicted octanol–water partition coefficient (Wildman–Crippen LogP) is 1.80. The zero-order valence-corrected chi connectivity index (χ0v) is 6.59. The van der Waals surface area contributed by atoms with Crippen molar-refractivity contribution in [3.05, 3.63) is 29.6 Å². The first-order valence-corrected chi connectivity index (χ1v) is 3.65. The highest BCUT2D eigenvalue weighted by molar-refractivity contribution is 5.14. The molecule has 1 N–H and O–H groups in total. The minimum atomic E-state index is -0.940. The first-order valence-electron chi connectivity index (χ1n) is 3.65. The summed E-state index contributed by atoms with van der Waals surface area (Å²) in [5, 5.41) is 9.20. The molecule has 0 unspecified atom stereocenters. The lowest BCUT2D eigenvalue weighted by Gasteiger charge is -2.07. The van der Waals surface area contributed by atoms with E-state index in [1.807, 2.05) is 0 Å². The molecule has 0 saturated carbocycles. The standard InChI is InChI=1S/C8H9F2NO/c1-2-6(12)5-3-4-7(9)11-8(5)10/h3-4,6,12H,2H2,1H3/t6-/m1/s1. The quantitative estimate of drug-likeness (QED) is 0.692. The fourth-order valence-electron chi connectivity index (χ4n) is 0.891. The number of pyridine rings is 1. The Hall–Kier alpha value is -1.03. The van der Waals surface area contributed by atoms with Crippen molar-refractivity contribution in [1.29, 1.82) is 0 Å². The van der Waals surface area contributed by atoms with Gasteiger partial charge in [-0.25, -0.2) is 0 Å². The van der Waals surface area contributed by atoms with Crippen LogP contribution >= 0.6 is 0 Å². The summed E-state index contributed by atoms with van der Waals surface area (Å²) in [7, 11) is 0. The first-order chi connectivity index (χ1) is 5.65. The largest absolute Gasteiger partial charge is 0.388 e. The zero-order chi connectivity index (χ0) is 9.14. The van der Waals surface area contributed by atoms with Crippen molar-refractivity contribution in [2.75, 3.05) is 0 Å². The molecule has 4 heteroatoms. The summed E-state index contributed by atoms with van der Waals surface area (Å²) in [5.74, 6) is -1.82. The van der Waals surface area contributed by atoms with Gasteiger partial charge in [-0.2, -0.15) is 13.8 Å². The van der Waals surface area contributed by atoms with Gasteiger partial charge in [0.25, 0.3) is 0 Å². The SMILES string of the molecule is CC[C@@H](O)c1ccc(F)nc1F. The Balaban J connectivity index is 3.01. The van der Waals surface area contributed by atoms with Crippen molar-refractivity contribution >= 4 is 0 Å². The van der Waals surface area contributed by atoms with Gasteiger partial charge in [0.2, 0.25) is 11.9 Å². The smallest absolute Gasteiger partial charge is 0.221 e. The fourth-order valence-corrected chi connectivity index (χ4v) is 0.891. The molecule has 0 amide bonds. The summed E-state index contributed by atoms with van der Waals surface area (Å²) >= 11 is 0. The highest BCUT2D eigenvalue weighted by Gasteiger charge is 2.12. The Kier molecular flexibility index (Phi) is 2.70. The Bertz CT molecular complexity index is 278. The van der Waals surface area contributed by atoms with Gasteiger partial charge in [-0.15, -0.1) is 0 Å². The molecule has 12 heavy (non-hydrogen) atoms. The van der Waals surface area contributed by atoms with Crippen LogP contribution < -0.4 is 0 Å². The Morgan fingerprint density at radius 2 is 2.17 bits per heavy atom. The molecule has 0 aliphatic rings. The second-order valence-corrected chi connectivity index (χ2v) is 2.44. The maximum Gasteiger partial charge on any atom is 0.221 e. The summed E-state index contributed by atoms with van der Waals surface area (Å²) in [6.07, 6.45) is -0.525. The van der Waals surface area contributed by atoms with E-state index in [4.69, 9.17) is 0 Å². The van der Waals surface area contributed by atoms with E-state index in [2.05, 4.69) is 4.98 Å². The van der Waals surface area contributed by atoms with Crippen LogP contribution in [0.15, 0.2) is 12.1 Å². The van der Waals surface area contributed by atoms with Crippen LogP contribution in [0.25, 0.3) is 0 Å². The fraction of sp³-hybridized carbons (Fsp3) is 0.375. The number of aliphatic hydroxyl groups is 1. The molecule has 1 aromatic heterocycles. The van der Waals surface area contributed by atoms with Gasteiger partial charge in [-0.1, -0.05) is 6.92 Å². The van der Waals surface area contributed by atoms with Crippen LogP contribution in [0.5, 0.6) is 0 Å². The maximum atomic E-state index is 12.8. The van der Waals surface area contributed by atoms with Crippen molar-refractivity contribution < 1.29 is 13.9 Å². The number of nitrogens with zero attached hydrogens (tertiary/aromatic N) is 1. The summed E-state index contributed by atoms with van der Waals surface area (Å²) in [4.78, 5) is 2.95. The molecule has 2 nitrogen and oxygen atoms in total. The molecule has 0 aliphatic heterocycles. The lowest BCUT2D eigenvalue weighted by molar-refractivity contribution is 0.167. The van der Waals surface area contributed by atoms with Crippen molar-refractivity contribution in [1.82, 2.24) is 4.98 Å². The third-order valence-corrected chi connectivity index (χ3v) is 1.59. The highest BCUT2D eigenvalue weighted by atomic mass is 19.1. The lowest BCUT2D eigenvalue weighted by atomic mass is 10.1. The summed E-state index contributed by atoms with van der Waals surface area (Å²) < 4.78 is 25.1. The molecule has 1 heterocycles. The van der Waals surface area contributed by atoms with Gasteiger partial charge in [0.1, 0.15) is 0 Å². The topological polar surface area (TPSA) is 33.1 Å². The van der Waals surface area contributed by atoms with Crippen LogP contribution in [-0.2, 0) is 0 Å². The summed E-state index contributed by atoms with van der Waals surface area (Å²) in [5.41, 5.74) is 0.0406. The molecule has 0 fully saturated rings. The molecule has 0 aliphatic carbocycles. The van der Waals surface area contributed by atoms with Crippen molar-refractivity contribution in [3.8, 4) is 0 Å². The monoisotopic (exact) mass is 173 g/mol. The second kappa shape index (κ2) is 3.58. The van der Waals surface area contributed by atoms with Gasteiger partial charge in [-0.05, 0) is 18.6 Å². The first kappa shape index (κ1) is 9.06. The summed E-state index contributed by atoms with van der Waals surface area (Å²) in [6, 6.07) is 2.23.